The Balaban J connectivity index is 4.35. The molecule has 0 radical (unpaired) electrons. The van der Waals surface area contributed by atoms with E-state index >= 15 is 0 Å². The lowest BCUT2D eigenvalue weighted by Crippen LogP contribution is -2.16. The first-order valence-corrected chi connectivity index (χ1v) is 5.97. The van der Waals surface area contributed by atoms with Crippen LogP contribution in [0.1, 0.15) is 19.8 Å². The highest BCUT2D eigenvalue weighted by atomic mass is 14.9. The van der Waals surface area contributed by atoms with E-state index in [0.29, 0.717) is 5.92 Å². The van der Waals surface area contributed by atoms with Gasteiger partial charge in [-0.1, -0.05) is 50.5 Å². The van der Waals surface area contributed by atoms with E-state index in [-0.39, 0.29) is 0 Å². The molecule has 0 aromatic carbocycles. The van der Waals surface area contributed by atoms with E-state index in [1.165, 1.54) is 0 Å². The molecule has 0 saturated heterocycles. The fraction of sp³-hybridized carbons (Fsp3) is 0.400. The number of allylic oxidation sites excluding steroid dienone is 5. The summed E-state index contributed by atoms with van der Waals surface area (Å²) >= 11 is 0. The summed E-state index contributed by atoms with van der Waals surface area (Å²) in [7, 11) is 3.67. The number of hydrogen-bond donors (Lipinski definition) is 1. The molecule has 0 aliphatic carbocycles. The van der Waals surface area contributed by atoms with E-state index < -0.39 is 0 Å². The van der Waals surface area contributed by atoms with E-state index in [2.05, 4.69) is 48.6 Å². The molecular weight excluding hydrogens is 208 g/mol. The van der Waals surface area contributed by atoms with Gasteiger partial charge in [0.2, 0.25) is 0 Å². The molecule has 0 aliphatic heterocycles. The molecule has 0 bridgehead atoms. The number of hydrogen-bond acceptors (Lipinski definition) is 1. The predicted octanol–water partition coefficient (Wildman–Crippen LogP) is 3.51. The van der Waals surface area contributed by atoms with Crippen LogP contribution >= 0.6 is 0 Å². The van der Waals surface area contributed by atoms with Crippen LogP contribution in [-0.2, 0) is 0 Å². The number of nitrogens with one attached hydrogen (secondary N) is 1. The van der Waals surface area contributed by atoms with Crippen molar-refractivity contribution in [2.24, 2.45) is 10.9 Å². The van der Waals surface area contributed by atoms with Crippen molar-refractivity contribution >= 4 is 5.84 Å². The van der Waals surface area contributed by atoms with E-state index in [4.69, 9.17) is 0 Å². The zero-order chi connectivity index (χ0) is 13.1. The maximum Gasteiger partial charge on any atom is 0.0995 e. The van der Waals surface area contributed by atoms with Crippen LogP contribution < -0.4 is 5.32 Å². The molecule has 0 rings (SSSR count). The van der Waals surface area contributed by atoms with Crippen molar-refractivity contribution in [1.29, 1.82) is 0 Å². The van der Waals surface area contributed by atoms with E-state index in [1.807, 2.05) is 13.1 Å². The lowest BCUT2D eigenvalue weighted by molar-refractivity contribution is 0.746. The average Bonchev–Trinajstić information content (AvgIpc) is 2.35. The smallest absolute Gasteiger partial charge is 0.0995 e. The normalized spacial score (nSPS) is 14.2. The highest BCUT2D eigenvalue weighted by molar-refractivity contribution is 5.83. The van der Waals surface area contributed by atoms with Gasteiger partial charge in [-0.25, -0.2) is 0 Å². The summed E-state index contributed by atoms with van der Waals surface area (Å²) in [4.78, 5) is 4.12. The maximum atomic E-state index is 4.12. The van der Waals surface area contributed by atoms with Crippen LogP contribution in [0.2, 0.25) is 0 Å². The van der Waals surface area contributed by atoms with E-state index in [9.17, 15) is 0 Å². The summed E-state index contributed by atoms with van der Waals surface area (Å²) in [6.45, 7) is 9.93. The summed E-state index contributed by atoms with van der Waals surface area (Å²) in [6, 6.07) is 0. The zero-order valence-corrected chi connectivity index (χ0v) is 11.2. The molecular formula is C15H24N2. The summed E-state index contributed by atoms with van der Waals surface area (Å²) in [5, 5.41) is 3.04. The number of rotatable bonds is 7. The Labute approximate surface area is 106 Å². The Hall–Kier alpha value is -1.57. The quantitative estimate of drug-likeness (QED) is 0.405. The summed E-state index contributed by atoms with van der Waals surface area (Å²) in [5.41, 5.74) is 1.12. The van der Waals surface area contributed by atoms with Gasteiger partial charge in [-0.15, -0.1) is 0 Å². The van der Waals surface area contributed by atoms with E-state index in [1.54, 1.807) is 13.1 Å². The second-order valence-corrected chi connectivity index (χ2v) is 3.74. The Morgan fingerprint density at radius 3 is 2.65 bits per heavy atom. The molecule has 0 spiro atoms. The van der Waals surface area contributed by atoms with Crippen molar-refractivity contribution in [1.82, 2.24) is 5.32 Å². The molecule has 0 saturated carbocycles. The molecule has 0 fully saturated rings. The van der Waals surface area contributed by atoms with Crippen LogP contribution in [-0.4, -0.2) is 19.9 Å². The highest BCUT2D eigenvalue weighted by Crippen LogP contribution is 2.16. The third kappa shape index (κ3) is 6.56. The lowest BCUT2D eigenvalue weighted by atomic mass is 9.96. The molecule has 0 heterocycles. The molecule has 2 heteroatoms. The average molecular weight is 232 g/mol. The number of amidine groups is 1. The first kappa shape index (κ1) is 15.4. The van der Waals surface area contributed by atoms with Gasteiger partial charge in [0.1, 0.15) is 0 Å². The fourth-order valence-corrected chi connectivity index (χ4v) is 1.49. The standard InChI is InChI=1S/C15H24N2/c1-6-8-11-14(7-2)13(3)10-9-12-15(16-4)17-5/h6,8-11,14H,1,3,7,12H2,2,4-5H3,(H,16,17)/b10-9-,11-8-. The van der Waals surface area contributed by atoms with Gasteiger partial charge in [0.05, 0.1) is 5.84 Å². The summed E-state index contributed by atoms with van der Waals surface area (Å²) < 4.78 is 0. The molecule has 17 heavy (non-hydrogen) atoms. The van der Waals surface area contributed by atoms with Crippen LogP contribution in [0.3, 0.4) is 0 Å². The minimum absolute atomic E-state index is 0.390. The molecule has 2 nitrogen and oxygen atoms in total. The third-order valence-electron chi connectivity index (χ3n) is 2.60. The van der Waals surface area contributed by atoms with Gasteiger partial charge in [0.25, 0.3) is 0 Å². The first-order chi connectivity index (χ1) is 8.19. The summed E-state index contributed by atoms with van der Waals surface area (Å²) in [6.07, 6.45) is 11.9. The second-order valence-electron chi connectivity index (χ2n) is 3.74. The lowest BCUT2D eigenvalue weighted by Gasteiger charge is -2.09. The van der Waals surface area contributed by atoms with Gasteiger partial charge in [-0.3, -0.25) is 4.99 Å². The van der Waals surface area contributed by atoms with E-state index in [0.717, 1.165) is 24.3 Å². The first-order valence-electron chi connectivity index (χ1n) is 5.97. The van der Waals surface area contributed by atoms with Gasteiger partial charge in [-0.05, 0) is 12.0 Å². The van der Waals surface area contributed by atoms with Crippen molar-refractivity contribution in [2.45, 2.75) is 19.8 Å². The molecule has 0 aromatic heterocycles. The van der Waals surface area contributed by atoms with Crippen LogP contribution in [0, 0.1) is 5.92 Å². The Morgan fingerprint density at radius 1 is 1.47 bits per heavy atom. The van der Waals surface area contributed by atoms with Crippen molar-refractivity contribution < 1.29 is 0 Å². The molecule has 0 amide bonds. The zero-order valence-electron chi connectivity index (χ0n) is 11.2. The Bertz CT molecular complexity index is 322. The monoisotopic (exact) mass is 232 g/mol. The fourth-order valence-electron chi connectivity index (χ4n) is 1.49. The number of aliphatic imine (C=N–C) groups is 1. The second kappa shape index (κ2) is 9.64. The molecule has 0 aromatic rings. The predicted molar refractivity (Wildman–Crippen MR) is 78.4 cm³/mol. The van der Waals surface area contributed by atoms with Crippen molar-refractivity contribution in [3.8, 4) is 0 Å². The maximum absolute atomic E-state index is 4.12. The SMILES string of the molecule is C=C/C=C\C(CC)C(=C)/C=C\CC(=NC)NC. The van der Waals surface area contributed by atoms with Crippen LogP contribution in [0.5, 0.6) is 0 Å². The van der Waals surface area contributed by atoms with Gasteiger partial charge in [0.15, 0.2) is 0 Å². The van der Waals surface area contributed by atoms with Crippen LogP contribution in [0.25, 0.3) is 0 Å². The van der Waals surface area contributed by atoms with Gasteiger partial charge in [-0.2, -0.15) is 0 Å². The van der Waals surface area contributed by atoms with Gasteiger partial charge in [0, 0.05) is 26.4 Å². The highest BCUT2D eigenvalue weighted by Gasteiger charge is 2.02. The topological polar surface area (TPSA) is 24.4 Å². The van der Waals surface area contributed by atoms with Crippen molar-refractivity contribution in [3.05, 3.63) is 49.1 Å². The van der Waals surface area contributed by atoms with Gasteiger partial charge >= 0.3 is 0 Å². The molecule has 1 N–H and O–H groups in total. The van der Waals surface area contributed by atoms with Crippen LogP contribution in [0.15, 0.2) is 54.1 Å². The largest absolute Gasteiger partial charge is 0.377 e. The minimum atomic E-state index is 0.390. The third-order valence-corrected chi connectivity index (χ3v) is 2.60. The Kier molecular flexibility index (Phi) is 8.75. The Morgan fingerprint density at radius 2 is 2.18 bits per heavy atom. The molecule has 0 aliphatic rings. The van der Waals surface area contributed by atoms with Gasteiger partial charge < -0.3 is 5.32 Å². The molecule has 1 unspecified atom stereocenters. The number of nitrogens with zero attached hydrogens (tertiary/aromatic N) is 1. The van der Waals surface area contributed by atoms with Crippen LogP contribution in [0.4, 0.5) is 0 Å². The molecule has 1 atom stereocenters. The summed E-state index contributed by atoms with van der Waals surface area (Å²) in [5.74, 6) is 1.37. The van der Waals surface area contributed by atoms with Crippen molar-refractivity contribution in [2.75, 3.05) is 14.1 Å². The molecule has 94 valence electrons. The minimum Gasteiger partial charge on any atom is -0.377 e. The van der Waals surface area contributed by atoms with Crippen molar-refractivity contribution in [3.63, 3.8) is 0 Å².